The van der Waals surface area contributed by atoms with Gasteiger partial charge in [-0.1, -0.05) is 132 Å². The van der Waals surface area contributed by atoms with Crippen LogP contribution in [0.3, 0.4) is 0 Å². The molecule has 8 heterocycles. The van der Waals surface area contributed by atoms with Crippen molar-refractivity contribution in [2.75, 3.05) is 24.6 Å². The Balaban J connectivity index is 0.000000245. The molecule has 10 atom stereocenters. The lowest BCUT2D eigenvalue weighted by molar-refractivity contribution is -0.143. The van der Waals surface area contributed by atoms with Crippen molar-refractivity contribution in [1.29, 1.82) is 0 Å². The molecule has 2 aliphatic carbocycles. The fraction of sp³-hybridized carbons (Fsp3) is 0.652. The van der Waals surface area contributed by atoms with E-state index in [0.717, 1.165) is 80.3 Å². The average Bonchev–Trinajstić information content (AvgIpc) is 1.58. The number of thiazole rings is 2. The zero-order chi connectivity index (χ0) is 92.5. The van der Waals surface area contributed by atoms with E-state index in [0.29, 0.717) is 63.4 Å². The van der Waals surface area contributed by atoms with E-state index in [-0.39, 0.29) is 86.0 Å². The first-order chi connectivity index (χ1) is 58.9. The molecule has 126 heavy (non-hydrogen) atoms. The van der Waals surface area contributed by atoms with Gasteiger partial charge < -0.3 is 50.0 Å². The Kier molecular flexibility index (Phi) is 30.0. The molecule has 8 amide bonds. The van der Waals surface area contributed by atoms with Crippen LogP contribution < -0.4 is 40.2 Å². The maximum atomic E-state index is 14.8. The number of benzene rings is 2. The number of aryl methyl sites for hydroxylation is 2. The number of likely N-dealkylation sites (tertiary alicyclic amines) is 2. The minimum atomic E-state index is -4.02. The molecule has 2 aromatic carbocycles. The minimum Gasteiger partial charge on any atom is -0.459 e. The van der Waals surface area contributed by atoms with Gasteiger partial charge in [0.25, 0.3) is 23.8 Å². The molecule has 692 valence electrons. The highest BCUT2D eigenvalue weighted by Gasteiger charge is 2.64. The normalized spacial score (nSPS) is 24.7. The number of hydrogen-bond acceptors (Lipinski definition) is 22. The van der Waals surface area contributed by atoms with Crippen molar-refractivity contribution in [3.05, 3.63) is 81.8 Å². The first-order valence-corrected chi connectivity index (χ1v) is 49.8. The Morgan fingerprint density at radius 1 is 0.524 bits per heavy atom. The molecule has 2 saturated carbocycles. The van der Waals surface area contributed by atoms with E-state index in [1.807, 2.05) is 129 Å². The molecule has 30 nitrogen and oxygen atoms in total. The Morgan fingerprint density at radius 2 is 0.881 bits per heavy atom. The molecule has 12 bridgehead atoms. The first kappa shape index (κ1) is 97.6. The van der Waals surface area contributed by atoms with Gasteiger partial charge in [0.05, 0.1) is 47.0 Å². The zero-order valence-corrected chi connectivity index (χ0v) is 80.9. The summed E-state index contributed by atoms with van der Waals surface area (Å²) in [5.41, 5.74) is 0.712. The minimum absolute atomic E-state index is 0.0312. The molecule has 6 aliphatic rings. The van der Waals surface area contributed by atoms with Gasteiger partial charge in [0, 0.05) is 45.8 Å². The largest absolute Gasteiger partial charge is 0.459 e. The van der Waals surface area contributed by atoms with E-state index in [2.05, 4.69) is 82.7 Å². The summed E-state index contributed by atoms with van der Waals surface area (Å²) in [5.74, 6) is -4.60. The fourth-order valence-corrected chi connectivity index (χ4v) is 22.1. The van der Waals surface area contributed by atoms with Crippen LogP contribution in [0.2, 0.25) is 0 Å². The number of alkyl carbamates (subject to hydrolysis) is 2. The summed E-state index contributed by atoms with van der Waals surface area (Å²) >= 11 is 3.32. The van der Waals surface area contributed by atoms with Crippen LogP contribution in [0.1, 0.15) is 287 Å². The van der Waals surface area contributed by atoms with Crippen LogP contribution in [-0.4, -0.2) is 187 Å². The van der Waals surface area contributed by atoms with Crippen LogP contribution in [-0.2, 0) is 71.1 Å². The van der Waals surface area contributed by atoms with E-state index in [1.54, 1.807) is 64.2 Å². The molecule has 4 aromatic heterocycles. The second-order valence-corrected chi connectivity index (χ2v) is 45.8. The number of aromatic nitrogens is 6. The standard InChI is InChI=1S/2C46H67N7O8S2/c2*1-12-29-25-46(29)41(56)51-63(58,59)23-18-16-14-13-15-17-22-34-35(27(2)3)47-39(62-34)31-20-19-21-32-36(31)48-42(53(32)28(4)5)60-30-24-33(38(54)50-46)52(26-30)40(55)37(44(6,7)8)49-43(57)61-45(9,10)11/h2*13,15,19-21,27-30,33,37H,12,14,16-18,22-26H2,1-11H3,(H,49,57)(H,50,54)(H,51,56)/b15-13+;15-13-/t2*29-,30-,33+,37-,46-/m11/s1. The zero-order valence-electron chi connectivity index (χ0n) is 77.6. The van der Waals surface area contributed by atoms with Gasteiger partial charge in [-0.3, -0.25) is 47.3 Å². The van der Waals surface area contributed by atoms with Crippen molar-refractivity contribution < 1.29 is 74.1 Å². The van der Waals surface area contributed by atoms with E-state index >= 15 is 0 Å². The third-order valence-electron chi connectivity index (χ3n) is 23.9. The highest BCUT2D eigenvalue weighted by molar-refractivity contribution is 7.90. The molecule has 4 fully saturated rings. The molecule has 12 rings (SSSR count). The van der Waals surface area contributed by atoms with E-state index in [9.17, 15) is 55.2 Å². The van der Waals surface area contributed by atoms with E-state index in [1.165, 1.54) is 19.6 Å². The summed E-state index contributed by atoms with van der Waals surface area (Å²) in [6, 6.07) is 7.95. The number of allylic oxidation sites excluding steroid dienone is 4. The van der Waals surface area contributed by atoms with Crippen molar-refractivity contribution in [2.24, 2.45) is 22.7 Å². The van der Waals surface area contributed by atoms with Crippen LogP contribution in [0.4, 0.5) is 9.59 Å². The number of fused-ring (bicyclic) bond motifs is 12. The SMILES string of the molecule is CC[C@@H]1C[C@@]12NC(=O)[C@@H]1C[C@H](CN1C(=O)[C@@H](NC(=O)OC(C)(C)C)C(C)(C)C)Oc1nc3c(cccc3n1C(C)C)-c1nc(C(C)C)c(s1)CC/C=C/CCCCS(=O)(=O)NC2=O.CC[C@@H]1C[C@@]12NC(=O)[C@@H]1C[C@H](CN1C(=O)[C@@H](NC(=O)OC(C)(C)C)C(C)(C)C)Oc1nc3c(cccc3n1C(C)C)-c1nc(C(C)C)c(s1)CC/C=C\CCCCS(=O)(=O)NC2=O. The van der Waals surface area contributed by atoms with Crippen LogP contribution >= 0.6 is 22.7 Å². The number of nitrogens with one attached hydrogen (secondary N) is 6. The maximum absolute atomic E-state index is 14.8. The maximum Gasteiger partial charge on any atom is 0.408 e. The molecule has 0 radical (unpaired) electrons. The predicted molar refractivity (Wildman–Crippen MR) is 490 cm³/mol. The van der Waals surface area contributed by atoms with Crippen LogP contribution in [0.15, 0.2) is 60.7 Å². The van der Waals surface area contributed by atoms with Crippen molar-refractivity contribution >= 4 is 112 Å². The molecule has 4 aliphatic heterocycles. The van der Waals surface area contributed by atoms with Crippen LogP contribution in [0.25, 0.3) is 43.2 Å². The topological polar surface area (TPSA) is 382 Å². The summed E-state index contributed by atoms with van der Waals surface area (Å²) in [6.07, 6.45) is 13.5. The highest BCUT2D eigenvalue weighted by atomic mass is 32.2. The van der Waals surface area contributed by atoms with Gasteiger partial charge in [0.15, 0.2) is 0 Å². The van der Waals surface area contributed by atoms with E-state index in [4.69, 9.17) is 38.9 Å². The molecular formula is C92H134N14O16S4. The number of rotatable bonds is 10. The Hall–Kier alpha value is -9.02. The lowest BCUT2D eigenvalue weighted by atomic mass is 9.85. The number of amides is 8. The number of para-hydroxylation sites is 2. The van der Waals surface area contributed by atoms with Gasteiger partial charge in [-0.25, -0.2) is 36.4 Å². The molecule has 6 aromatic rings. The summed E-state index contributed by atoms with van der Waals surface area (Å²) < 4.78 is 86.2. The van der Waals surface area contributed by atoms with Crippen molar-refractivity contribution in [3.63, 3.8) is 0 Å². The summed E-state index contributed by atoms with van der Waals surface area (Å²) in [5, 5.41) is 13.1. The van der Waals surface area contributed by atoms with Crippen molar-refractivity contribution in [2.45, 2.75) is 338 Å². The fourth-order valence-electron chi connectivity index (χ4n) is 17.2. The van der Waals surface area contributed by atoms with Gasteiger partial charge in [-0.05, 0) is 205 Å². The summed E-state index contributed by atoms with van der Waals surface area (Å²) in [4.78, 5) is 139. The van der Waals surface area contributed by atoms with Crippen molar-refractivity contribution in [3.8, 4) is 33.2 Å². The first-order valence-electron chi connectivity index (χ1n) is 44.9. The Bertz CT molecular complexity index is 5000. The number of hydrogen-bond donors (Lipinski definition) is 6. The Labute approximate surface area is 751 Å². The molecule has 2 spiro atoms. The number of carbonyl (C=O) groups is 8. The molecule has 2 saturated heterocycles. The Morgan fingerprint density at radius 3 is 1.20 bits per heavy atom. The summed E-state index contributed by atoms with van der Waals surface area (Å²) in [6.45, 7) is 41.6. The van der Waals surface area contributed by atoms with Crippen molar-refractivity contribution in [1.82, 2.24) is 69.6 Å². The van der Waals surface area contributed by atoms with Gasteiger partial charge in [-0.2, -0.15) is 9.97 Å². The third-order valence-corrected chi connectivity index (χ3v) is 28.9. The monoisotopic (exact) mass is 1820 g/mol. The molecular weight excluding hydrogens is 1690 g/mol. The second-order valence-electron chi connectivity index (χ2n) is 39.9. The number of nitrogens with zero attached hydrogens (tertiary/aromatic N) is 8. The number of ether oxygens (including phenoxy) is 4. The lowest BCUT2D eigenvalue weighted by Gasteiger charge is -2.36. The number of sulfonamides is 2. The van der Waals surface area contributed by atoms with Gasteiger partial charge >= 0.3 is 12.2 Å². The van der Waals surface area contributed by atoms with Gasteiger partial charge in [-0.15, -0.1) is 22.7 Å². The third kappa shape index (κ3) is 23.0. The average molecular weight is 1820 g/mol. The number of imidazole rings is 2. The smallest absolute Gasteiger partial charge is 0.408 e. The van der Waals surface area contributed by atoms with Crippen LogP contribution in [0, 0.1) is 22.7 Å². The quantitative estimate of drug-likeness (QED) is 0.0694. The van der Waals surface area contributed by atoms with E-state index < -0.39 is 137 Å². The van der Waals surface area contributed by atoms with Gasteiger partial charge in [0.2, 0.25) is 43.7 Å². The molecule has 6 N–H and O–H groups in total. The summed E-state index contributed by atoms with van der Waals surface area (Å²) in [7, 11) is -8.03. The highest BCUT2D eigenvalue weighted by Crippen LogP contribution is 2.49. The molecule has 0 unspecified atom stereocenters. The molecule has 34 heteroatoms. The number of carbonyl (C=O) groups excluding carboxylic acids is 8. The lowest BCUT2D eigenvalue weighted by Crippen LogP contribution is -2.60. The van der Waals surface area contributed by atoms with Gasteiger partial charge in [0.1, 0.15) is 79.7 Å². The second kappa shape index (κ2) is 38.7. The predicted octanol–water partition coefficient (Wildman–Crippen LogP) is 15.1. The van der Waals surface area contributed by atoms with Crippen LogP contribution in [0.5, 0.6) is 12.0 Å².